The van der Waals surface area contributed by atoms with Crippen LogP contribution in [0.5, 0.6) is 0 Å². The maximum atomic E-state index is 13.4. The first-order chi connectivity index (χ1) is 14.0. The topological polar surface area (TPSA) is 78.5 Å². The van der Waals surface area contributed by atoms with Crippen LogP contribution in [0.4, 0.5) is 10.5 Å². The van der Waals surface area contributed by atoms with E-state index in [1.54, 1.807) is 24.3 Å². The van der Waals surface area contributed by atoms with Crippen LogP contribution >= 0.6 is 0 Å². The second-order valence-corrected chi connectivity index (χ2v) is 8.57. The fourth-order valence-corrected chi connectivity index (χ4v) is 4.55. The van der Waals surface area contributed by atoms with E-state index in [1.165, 1.54) is 0 Å². The molecule has 1 heterocycles. The third-order valence-corrected chi connectivity index (χ3v) is 5.91. The van der Waals surface area contributed by atoms with Crippen molar-refractivity contribution in [3.05, 3.63) is 29.8 Å². The zero-order valence-electron chi connectivity index (χ0n) is 17.6. The molecular formula is C23H33N3O3. The van der Waals surface area contributed by atoms with Crippen molar-refractivity contribution in [2.24, 2.45) is 5.92 Å². The van der Waals surface area contributed by atoms with E-state index in [1.807, 2.05) is 18.7 Å². The van der Waals surface area contributed by atoms with Crippen LogP contribution < -0.4 is 10.6 Å². The highest BCUT2D eigenvalue weighted by Crippen LogP contribution is 2.32. The fourth-order valence-electron chi connectivity index (χ4n) is 4.55. The Balaban J connectivity index is 1.78. The summed E-state index contributed by atoms with van der Waals surface area (Å²) in [5.41, 5.74) is 1.15. The van der Waals surface area contributed by atoms with Gasteiger partial charge >= 0.3 is 6.03 Å². The maximum absolute atomic E-state index is 13.4. The van der Waals surface area contributed by atoms with Crippen LogP contribution in [-0.4, -0.2) is 41.2 Å². The Labute approximate surface area is 173 Å². The van der Waals surface area contributed by atoms with Crippen molar-refractivity contribution in [1.29, 1.82) is 0 Å². The van der Waals surface area contributed by atoms with Crippen molar-refractivity contribution in [3.63, 3.8) is 0 Å². The minimum atomic E-state index is -0.287. The van der Waals surface area contributed by atoms with Crippen molar-refractivity contribution in [2.45, 2.75) is 77.3 Å². The van der Waals surface area contributed by atoms with E-state index in [0.717, 1.165) is 44.9 Å². The number of likely N-dealkylation sites (tertiary alicyclic amines) is 1. The molecule has 0 bridgehead atoms. The van der Waals surface area contributed by atoms with Gasteiger partial charge in [-0.25, -0.2) is 4.79 Å². The zero-order chi connectivity index (χ0) is 20.8. The smallest absolute Gasteiger partial charge is 0.319 e. The molecule has 2 fully saturated rings. The Morgan fingerprint density at radius 1 is 1.07 bits per heavy atom. The SMILES string of the molecule is CC(C)NC(=O)Nc1cccc(C(=O)N2CCCCC[C@@H]2[C@H]2CCCCC2=O)c1. The Hall–Kier alpha value is -2.37. The molecule has 3 amide bonds. The summed E-state index contributed by atoms with van der Waals surface area (Å²) in [4.78, 5) is 39.9. The number of benzene rings is 1. The van der Waals surface area contributed by atoms with Gasteiger partial charge in [0.15, 0.2) is 0 Å². The third-order valence-electron chi connectivity index (χ3n) is 5.91. The van der Waals surface area contributed by atoms with Gasteiger partial charge in [-0.05, 0) is 57.7 Å². The molecule has 1 aliphatic heterocycles. The molecule has 0 spiro atoms. The highest BCUT2D eigenvalue weighted by molar-refractivity contribution is 5.97. The lowest BCUT2D eigenvalue weighted by molar-refractivity contribution is -0.126. The van der Waals surface area contributed by atoms with E-state index in [0.29, 0.717) is 30.0 Å². The number of carbonyl (C=O) groups excluding carboxylic acids is 3. The monoisotopic (exact) mass is 399 g/mol. The van der Waals surface area contributed by atoms with Crippen molar-refractivity contribution in [2.75, 3.05) is 11.9 Å². The number of nitrogens with zero attached hydrogens (tertiary/aromatic N) is 1. The first kappa shape index (κ1) is 21.3. The molecule has 158 valence electrons. The standard InChI is InChI=1S/C23H33N3O3/c1-16(2)24-23(29)25-18-10-8-9-17(15-18)22(28)26-14-7-3-4-12-20(26)19-11-5-6-13-21(19)27/h8-10,15-16,19-20H,3-7,11-14H2,1-2H3,(H2,24,25,29)/t19-,20-/m1/s1. The van der Waals surface area contributed by atoms with Gasteiger partial charge in [0.2, 0.25) is 0 Å². The van der Waals surface area contributed by atoms with Crippen molar-refractivity contribution >= 4 is 23.4 Å². The van der Waals surface area contributed by atoms with E-state index < -0.39 is 0 Å². The summed E-state index contributed by atoms with van der Waals surface area (Å²) in [6.45, 7) is 4.48. The highest BCUT2D eigenvalue weighted by Gasteiger charge is 2.37. The van der Waals surface area contributed by atoms with Gasteiger partial charge in [0.1, 0.15) is 5.78 Å². The minimum Gasteiger partial charge on any atom is -0.336 e. The molecule has 2 N–H and O–H groups in total. The van der Waals surface area contributed by atoms with Crippen LogP contribution in [0, 0.1) is 5.92 Å². The molecule has 1 aromatic rings. The molecule has 2 aliphatic rings. The quantitative estimate of drug-likeness (QED) is 0.789. The summed E-state index contributed by atoms with van der Waals surface area (Å²) < 4.78 is 0. The first-order valence-electron chi connectivity index (χ1n) is 11.0. The van der Waals surface area contributed by atoms with Gasteiger partial charge < -0.3 is 15.5 Å². The number of Topliss-reactive ketones (excluding diaryl/α,β-unsaturated/α-hetero) is 1. The first-order valence-corrected chi connectivity index (χ1v) is 11.0. The van der Waals surface area contributed by atoms with E-state index >= 15 is 0 Å². The van der Waals surface area contributed by atoms with Crippen molar-refractivity contribution in [1.82, 2.24) is 10.2 Å². The summed E-state index contributed by atoms with van der Waals surface area (Å²) >= 11 is 0. The summed E-state index contributed by atoms with van der Waals surface area (Å²) in [6, 6.07) is 6.83. The Bertz CT molecular complexity index is 747. The molecule has 0 unspecified atom stereocenters. The van der Waals surface area contributed by atoms with E-state index in [9.17, 15) is 14.4 Å². The lowest BCUT2D eigenvalue weighted by atomic mass is 9.80. The third kappa shape index (κ3) is 5.58. The molecule has 1 saturated heterocycles. The number of amides is 3. The van der Waals surface area contributed by atoms with E-state index in [2.05, 4.69) is 10.6 Å². The number of ketones is 1. The Morgan fingerprint density at radius 2 is 1.86 bits per heavy atom. The summed E-state index contributed by atoms with van der Waals surface area (Å²) in [5, 5.41) is 5.57. The second-order valence-electron chi connectivity index (χ2n) is 8.57. The summed E-state index contributed by atoms with van der Waals surface area (Å²) in [5.74, 6) is 0.258. The molecule has 6 heteroatoms. The average molecular weight is 400 g/mol. The van der Waals surface area contributed by atoms with E-state index in [4.69, 9.17) is 0 Å². The lowest BCUT2D eigenvalue weighted by Crippen LogP contribution is -2.47. The van der Waals surface area contributed by atoms with Gasteiger partial charge in [-0.1, -0.05) is 25.3 Å². The Morgan fingerprint density at radius 3 is 2.62 bits per heavy atom. The second kappa shape index (κ2) is 9.90. The molecular weight excluding hydrogens is 366 g/mol. The van der Waals surface area contributed by atoms with Crippen LogP contribution in [-0.2, 0) is 4.79 Å². The van der Waals surface area contributed by atoms with Crippen LogP contribution in [0.1, 0.15) is 75.6 Å². The van der Waals surface area contributed by atoms with Crippen LogP contribution in [0.15, 0.2) is 24.3 Å². The average Bonchev–Trinajstić information content (AvgIpc) is 2.93. The highest BCUT2D eigenvalue weighted by atomic mass is 16.2. The van der Waals surface area contributed by atoms with Crippen LogP contribution in [0.2, 0.25) is 0 Å². The zero-order valence-corrected chi connectivity index (χ0v) is 17.6. The van der Waals surface area contributed by atoms with Gasteiger partial charge in [-0.15, -0.1) is 0 Å². The maximum Gasteiger partial charge on any atom is 0.319 e. The number of hydrogen-bond acceptors (Lipinski definition) is 3. The normalized spacial score (nSPS) is 22.9. The molecule has 0 radical (unpaired) electrons. The van der Waals surface area contributed by atoms with Crippen LogP contribution in [0.3, 0.4) is 0 Å². The number of rotatable bonds is 4. The molecule has 1 aromatic carbocycles. The summed E-state index contributed by atoms with van der Waals surface area (Å²) in [7, 11) is 0. The molecule has 1 saturated carbocycles. The predicted octanol–water partition coefficient (Wildman–Crippen LogP) is 4.36. The fraction of sp³-hybridized carbons (Fsp3) is 0.609. The van der Waals surface area contributed by atoms with Gasteiger partial charge in [-0.2, -0.15) is 0 Å². The summed E-state index contributed by atoms with van der Waals surface area (Å²) in [6.07, 6.45) is 7.61. The molecule has 1 aliphatic carbocycles. The number of carbonyl (C=O) groups is 3. The van der Waals surface area contributed by atoms with Gasteiger partial charge in [0, 0.05) is 42.2 Å². The molecule has 0 aromatic heterocycles. The van der Waals surface area contributed by atoms with Crippen LogP contribution in [0.25, 0.3) is 0 Å². The lowest BCUT2D eigenvalue weighted by Gasteiger charge is -2.37. The van der Waals surface area contributed by atoms with Gasteiger partial charge in [-0.3, -0.25) is 9.59 Å². The van der Waals surface area contributed by atoms with Gasteiger partial charge in [0.25, 0.3) is 5.91 Å². The number of anilines is 1. The number of nitrogens with one attached hydrogen (secondary N) is 2. The number of hydrogen-bond donors (Lipinski definition) is 2. The minimum absolute atomic E-state index is 0.00125. The van der Waals surface area contributed by atoms with E-state index in [-0.39, 0.29) is 29.9 Å². The predicted molar refractivity (Wildman–Crippen MR) is 114 cm³/mol. The van der Waals surface area contributed by atoms with Crippen molar-refractivity contribution in [3.8, 4) is 0 Å². The molecule has 6 nitrogen and oxygen atoms in total. The molecule has 2 atom stereocenters. The van der Waals surface area contributed by atoms with Crippen molar-refractivity contribution < 1.29 is 14.4 Å². The largest absolute Gasteiger partial charge is 0.336 e. The number of urea groups is 1. The molecule has 29 heavy (non-hydrogen) atoms. The molecule has 3 rings (SSSR count). The Kier molecular flexibility index (Phi) is 7.29. The van der Waals surface area contributed by atoms with Gasteiger partial charge in [0.05, 0.1) is 0 Å².